The van der Waals surface area contributed by atoms with Crippen LogP contribution < -0.4 is 20.4 Å². The van der Waals surface area contributed by atoms with Gasteiger partial charge in [0.1, 0.15) is 17.4 Å². The molecule has 2 aromatic heterocycles. The molecule has 0 unspecified atom stereocenters. The summed E-state index contributed by atoms with van der Waals surface area (Å²) < 4.78 is 15.9. The highest BCUT2D eigenvalue weighted by molar-refractivity contribution is 5.89. The number of H-pyrrole nitrogens is 1. The summed E-state index contributed by atoms with van der Waals surface area (Å²) >= 11 is 0. The van der Waals surface area contributed by atoms with Crippen LogP contribution in [0.5, 0.6) is 17.2 Å². The van der Waals surface area contributed by atoms with Crippen LogP contribution in [-0.2, 0) is 22.4 Å². The molecule has 4 N–H and O–H groups in total. The summed E-state index contributed by atoms with van der Waals surface area (Å²) in [5, 5.41) is 23.2. The molecule has 10 nitrogen and oxygen atoms in total. The van der Waals surface area contributed by atoms with Crippen molar-refractivity contribution >= 4 is 33.7 Å². The van der Waals surface area contributed by atoms with Crippen LogP contribution in [0.15, 0.2) is 45.7 Å². The molecule has 0 spiro atoms. The van der Waals surface area contributed by atoms with Crippen molar-refractivity contribution in [2.45, 2.75) is 25.8 Å². The van der Waals surface area contributed by atoms with E-state index < -0.39 is 23.5 Å². The predicted octanol–water partition coefficient (Wildman–Crippen LogP) is 2.66. The first-order valence-electron chi connectivity index (χ1n) is 10.7. The van der Waals surface area contributed by atoms with Gasteiger partial charge in [0.05, 0.1) is 26.2 Å². The zero-order valence-electron chi connectivity index (χ0n) is 19.3. The quantitative estimate of drug-likeness (QED) is 0.281. The Labute approximate surface area is 199 Å². The van der Waals surface area contributed by atoms with Crippen LogP contribution in [0.4, 0.5) is 0 Å². The molecule has 0 aliphatic rings. The standard InChI is InChI=1S/C25H24N2O8/c1-12-15-8-21(33-2)22(34-3)10-20(15)35-25(32)16(12)9-23(29)27-19(24(30)31)6-13-11-26-18-5-4-14(28)7-17(13)18/h4-5,7-8,10-11,19,26,28H,6,9H2,1-3H3,(H,27,29)(H,30,31)/t19-/m0/s1. The first kappa shape index (κ1) is 23.7. The van der Waals surface area contributed by atoms with Crippen LogP contribution in [0, 0.1) is 6.92 Å². The van der Waals surface area contributed by atoms with E-state index >= 15 is 0 Å². The summed E-state index contributed by atoms with van der Waals surface area (Å²) in [4.78, 5) is 40.3. The second-order valence-corrected chi connectivity index (χ2v) is 8.08. The lowest BCUT2D eigenvalue weighted by molar-refractivity contribution is -0.141. The fraction of sp³-hybridized carbons (Fsp3) is 0.240. The predicted molar refractivity (Wildman–Crippen MR) is 127 cm³/mol. The van der Waals surface area contributed by atoms with Gasteiger partial charge in [-0.05, 0) is 42.3 Å². The number of aromatic nitrogens is 1. The maximum atomic E-state index is 12.8. The van der Waals surface area contributed by atoms with E-state index in [1.54, 1.807) is 25.3 Å². The molecule has 182 valence electrons. The maximum absolute atomic E-state index is 12.8. The zero-order valence-corrected chi connectivity index (χ0v) is 19.3. The molecule has 0 saturated carbocycles. The SMILES string of the molecule is COc1cc2oc(=O)c(CC(=O)N[C@@H](Cc3c[nH]c4ccc(O)cc34)C(=O)O)c(C)c2cc1OC. The molecule has 0 radical (unpaired) electrons. The van der Waals surface area contributed by atoms with Crippen molar-refractivity contribution in [2.24, 2.45) is 0 Å². The number of ether oxygens (including phenoxy) is 2. The number of fused-ring (bicyclic) bond motifs is 2. The molecule has 0 saturated heterocycles. The van der Waals surface area contributed by atoms with Gasteiger partial charge in [-0.3, -0.25) is 4.79 Å². The fourth-order valence-corrected chi connectivity index (χ4v) is 4.08. The lowest BCUT2D eigenvalue weighted by atomic mass is 10.0. The molecule has 0 bridgehead atoms. The Morgan fingerprint density at radius 1 is 1.11 bits per heavy atom. The summed E-state index contributed by atoms with van der Waals surface area (Å²) in [6, 6.07) is 6.65. The number of carboxylic acids is 1. The first-order valence-corrected chi connectivity index (χ1v) is 10.7. The molecule has 0 aliphatic heterocycles. The minimum absolute atomic E-state index is 0.0210. The lowest BCUT2D eigenvalue weighted by Crippen LogP contribution is -2.43. The van der Waals surface area contributed by atoms with E-state index in [1.807, 2.05) is 0 Å². The van der Waals surface area contributed by atoms with Crippen LogP contribution in [-0.4, -0.2) is 47.3 Å². The van der Waals surface area contributed by atoms with E-state index in [4.69, 9.17) is 13.9 Å². The lowest BCUT2D eigenvalue weighted by Gasteiger charge is -2.15. The molecule has 35 heavy (non-hydrogen) atoms. The Morgan fingerprint density at radius 3 is 2.51 bits per heavy atom. The first-order chi connectivity index (χ1) is 16.7. The number of amides is 1. The number of aromatic amines is 1. The fourth-order valence-electron chi connectivity index (χ4n) is 4.08. The number of benzene rings is 2. The molecule has 4 aromatic rings. The Balaban J connectivity index is 1.59. The van der Waals surface area contributed by atoms with Gasteiger partial charge in [-0.2, -0.15) is 0 Å². The third-order valence-corrected chi connectivity index (χ3v) is 5.94. The minimum atomic E-state index is -1.25. The summed E-state index contributed by atoms with van der Waals surface area (Å²) in [6.07, 6.45) is 1.25. The van der Waals surface area contributed by atoms with E-state index in [0.717, 1.165) is 5.52 Å². The number of carbonyl (C=O) groups excluding carboxylic acids is 1. The van der Waals surface area contributed by atoms with Crippen LogP contribution in [0.25, 0.3) is 21.9 Å². The number of aryl methyl sites for hydroxylation is 1. The van der Waals surface area contributed by atoms with Gasteiger partial charge < -0.3 is 34.4 Å². The number of methoxy groups -OCH3 is 2. The van der Waals surface area contributed by atoms with E-state index in [2.05, 4.69) is 10.3 Å². The number of nitrogens with one attached hydrogen (secondary N) is 2. The van der Waals surface area contributed by atoms with Crippen LogP contribution in [0.1, 0.15) is 16.7 Å². The smallest absolute Gasteiger partial charge is 0.340 e. The molecule has 0 aliphatic carbocycles. The van der Waals surface area contributed by atoms with Gasteiger partial charge in [0.2, 0.25) is 5.91 Å². The molecule has 4 rings (SSSR count). The summed E-state index contributed by atoms with van der Waals surface area (Å²) in [6.45, 7) is 1.68. The van der Waals surface area contributed by atoms with Gasteiger partial charge in [-0.1, -0.05) is 0 Å². The van der Waals surface area contributed by atoms with E-state index in [1.165, 1.54) is 32.4 Å². The van der Waals surface area contributed by atoms with Gasteiger partial charge in [-0.25, -0.2) is 9.59 Å². The maximum Gasteiger partial charge on any atom is 0.340 e. The Morgan fingerprint density at radius 2 is 1.83 bits per heavy atom. The van der Waals surface area contributed by atoms with Crippen LogP contribution >= 0.6 is 0 Å². The molecule has 1 atom stereocenters. The van der Waals surface area contributed by atoms with Gasteiger partial charge >= 0.3 is 11.6 Å². The second-order valence-electron chi connectivity index (χ2n) is 8.08. The molecule has 1 amide bonds. The topological polar surface area (TPSA) is 151 Å². The Kier molecular flexibility index (Phi) is 6.37. The van der Waals surface area contributed by atoms with Crippen molar-refractivity contribution in [3.8, 4) is 17.2 Å². The third kappa shape index (κ3) is 4.63. The normalized spacial score (nSPS) is 12.0. The number of carbonyl (C=O) groups is 2. The number of carboxylic acid groups (broad SMARTS) is 1. The molecule has 2 heterocycles. The highest BCUT2D eigenvalue weighted by Gasteiger charge is 2.24. The summed E-state index contributed by atoms with van der Waals surface area (Å²) in [7, 11) is 2.94. The average molecular weight is 480 g/mol. The number of aromatic hydroxyl groups is 1. The second kappa shape index (κ2) is 9.41. The third-order valence-electron chi connectivity index (χ3n) is 5.94. The van der Waals surface area contributed by atoms with Crippen LogP contribution in [0.3, 0.4) is 0 Å². The molecule has 0 fully saturated rings. The van der Waals surface area contributed by atoms with Crippen LogP contribution in [0.2, 0.25) is 0 Å². The number of phenolic OH excluding ortho intramolecular Hbond substituents is 1. The summed E-state index contributed by atoms with van der Waals surface area (Å²) in [5.41, 5.74) is 1.56. The van der Waals surface area contributed by atoms with E-state index in [-0.39, 0.29) is 29.7 Å². The van der Waals surface area contributed by atoms with Crippen molar-refractivity contribution in [2.75, 3.05) is 14.2 Å². The van der Waals surface area contributed by atoms with Gasteiger partial charge in [0.25, 0.3) is 0 Å². The van der Waals surface area contributed by atoms with Gasteiger partial charge in [0, 0.05) is 35.0 Å². The molecule has 2 aromatic carbocycles. The monoisotopic (exact) mass is 480 g/mol. The number of phenols is 1. The number of rotatable bonds is 8. The average Bonchev–Trinajstić information content (AvgIpc) is 3.22. The Bertz CT molecular complexity index is 1500. The summed E-state index contributed by atoms with van der Waals surface area (Å²) in [5.74, 6) is -1.00. The molecule has 10 heteroatoms. The number of hydrogen-bond donors (Lipinski definition) is 4. The van der Waals surface area contributed by atoms with E-state index in [0.29, 0.717) is 33.4 Å². The van der Waals surface area contributed by atoms with Crippen molar-refractivity contribution in [1.82, 2.24) is 10.3 Å². The number of hydrogen-bond acceptors (Lipinski definition) is 7. The zero-order chi connectivity index (χ0) is 25.3. The van der Waals surface area contributed by atoms with Gasteiger partial charge in [-0.15, -0.1) is 0 Å². The van der Waals surface area contributed by atoms with Crippen molar-refractivity contribution in [3.63, 3.8) is 0 Å². The highest BCUT2D eigenvalue weighted by Crippen LogP contribution is 2.33. The molecular formula is C25H24N2O8. The highest BCUT2D eigenvalue weighted by atomic mass is 16.5. The van der Waals surface area contributed by atoms with E-state index in [9.17, 15) is 24.6 Å². The molecular weight excluding hydrogens is 456 g/mol. The Hall–Kier alpha value is -4.47. The van der Waals surface area contributed by atoms with Crippen molar-refractivity contribution in [3.05, 3.63) is 63.6 Å². The largest absolute Gasteiger partial charge is 0.508 e. The van der Waals surface area contributed by atoms with Crippen molar-refractivity contribution in [1.29, 1.82) is 0 Å². The minimum Gasteiger partial charge on any atom is -0.508 e. The van der Waals surface area contributed by atoms with Gasteiger partial charge in [0.15, 0.2) is 11.5 Å². The van der Waals surface area contributed by atoms with Crippen molar-refractivity contribution < 1.29 is 33.7 Å². The number of aliphatic carboxylic acids is 1.